The SMILES string of the molecule is Nc1ccc2cc1OSc1cccc3cc(cnc13)C1CC(C1)c1ccc(c(F)c1)NC(=O)N1CCN(CC1)C2=O. The minimum atomic E-state index is -0.443. The lowest BCUT2D eigenvalue weighted by atomic mass is 9.69. The molecule has 0 spiro atoms. The lowest BCUT2D eigenvalue weighted by Gasteiger charge is -2.36. The quantitative estimate of drug-likeness (QED) is 0.199. The molecule has 8 nitrogen and oxygen atoms in total. The van der Waals surface area contributed by atoms with Crippen LogP contribution in [0.25, 0.3) is 10.9 Å². The van der Waals surface area contributed by atoms with Crippen LogP contribution >= 0.6 is 12.0 Å². The van der Waals surface area contributed by atoms with Crippen molar-refractivity contribution in [1.29, 1.82) is 0 Å². The van der Waals surface area contributed by atoms with E-state index in [4.69, 9.17) is 14.9 Å². The predicted molar refractivity (Wildman–Crippen MR) is 157 cm³/mol. The van der Waals surface area contributed by atoms with E-state index in [0.29, 0.717) is 49.1 Å². The largest absolute Gasteiger partial charge is 0.418 e. The van der Waals surface area contributed by atoms with Gasteiger partial charge in [-0.1, -0.05) is 18.2 Å². The fourth-order valence-electron chi connectivity index (χ4n) is 5.81. The third-order valence-electron chi connectivity index (χ3n) is 8.35. The average Bonchev–Trinajstić information content (AvgIpc) is 2.96. The van der Waals surface area contributed by atoms with Crippen LogP contribution in [0.5, 0.6) is 5.75 Å². The van der Waals surface area contributed by atoms with Gasteiger partial charge in [0.15, 0.2) is 5.75 Å². The van der Waals surface area contributed by atoms with E-state index < -0.39 is 5.82 Å². The number of amides is 3. The van der Waals surface area contributed by atoms with E-state index in [1.165, 1.54) is 6.07 Å². The number of carbonyl (C=O) groups is 2. The second kappa shape index (κ2) is 10.3. The number of carbonyl (C=O) groups excluding carboxylic acids is 2. The zero-order chi connectivity index (χ0) is 28.1. The molecule has 0 unspecified atom stereocenters. The molecular weight excluding hydrogens is 541 g/mol. The van der Waals surface area contributed by atoms with Gasteiger partial charge in [0.25, 0.3) is 5.91 Å². The Hall–Kier alpha value is -4.31. The Morgan fingerprint density at radius 1 is 0.927 bits per heavy atom. The summed E-state index contributed by atoms with van der Waals surface area (Å²) < 4.78 is 21.1. The monoisotopic (exact) mass is 569 g/mol. The molecule has 1 aliphatic carbocycles. The number of aromatic nitrogens is 1. The molecule has 1 saturated heterocycles. The van der Waals surface area contributed by atoms with Crippen molar-refractivity contribution in [2.75, 3.05) is 37.2 Å². The van der Waals surface area contributed by atoms with Crippen LogP contribution in [0.1, 0.15) is 46.2 Å². The number of pyridine rings is 1. The van der Waals surface area contributed by atoms with Crippen molar-refractivity contribution in [3.63, 3.8) is 0 Å². The van der Waals surface area contributed by atoms with E-state index in [0.717, 1.165) is 51.8 Å². The zero-order valence-corrected chi connectivity index (χ0v) is 23.0. The number of nitrogens with zero attached hydrogens (tertiary/aromatic N) is 3. The van der Waals surface area contributed by atoms with E-state index in [1.807, 2.05) is 30.5 Å². The molecule has 208 valence electrons. The number of rotatable bonds is 0. The molecule has 3 amide bonds. The number of halogens is 1. The van der Waals surface area contributed by atoms with E-state index in [1.54, 1.807) is 34.1 Å². The molecule has 10 heteroatoms. The highest BCUT2D eigenvalue weighted by atomic mass is 32.2. The zero-order valence-electron chi connectivity index (χ0n) is 22.2. The Morgan fingerprint density at radius 2 is 1.71 bits per heavy atom. The second-order valence-corrected chi connectivity index (χ2v) is 11.6. The highest BCUT2D eigenvalue weighted by Crippen LogP contribution is 2.48. The second-order valence-electron chi connectivity index (χ2n) is 10.8. The summed E-state index contributed by atoms with van der Waals surface area (Å²) >= 11 is 1.16. The minimum absolute atomic E-state index is 0.157. The molecule has 3 aromatic carbocycles. The summed E-state index contributed by atoms with van der Waals surface area (Å²) in [6.45, 7) is 1.39. The van der Waals surface area contributed by atoms with E-state index in [-0.39, 0.29) is 23.5 Å². The normalized spacial score (nSPS) is 20.6. The maximum absolute atomic E-state index is 15.0. The summed E-state index contributed by atoms with van der Waals surface area (Å²) in [5.74, 6) is 0.379. The van der Waals surface area contributed by atoms with E-state index in [9.17, 15) is 9.59 Å². The molecule has 10 heterocycles. The van der Waals surface area contributed by atoms with Crippen LogP contribution in [0.4, 0.5) is 20.6 Å². The van der Waals surface area contributed by atoms with Gasteiger partial charge in [0.1, 0.15) is 5.82 Å². The number of nitrogens with one attached hydrogen (secondary N) is 1. The van der Waals surface area contributed by atoms with Crippen molar-refractivity contribution in [2.45, 2.75) is 29.6 Å². The number of hydrogen-bond donors (Lipinski definition) is 2. The molecule has 1 saturated carbocycles. The molecule has 4 aromatic rings. The topological polar surface area (TPSA) is 101 Å². The summed E-state index contributed by atoms with van der Waals surface area (Å²) in [4.78, 5) is 35.1. The first-order chi connectivity index (χ1) is 19.9. The van der Waals surface area contributed by atoms with Gasteiger partial charge in [-0.05, 0) is 78.3 Å². The molecule has 41 heavy (non-hydrogen) atoms. The maximum atomic E-state index is 15.0. The number of urea groups is 1. The third-order valence-corrected chi connectivity index (χ3v) is 9.12. The summed E-state index contributed by atoms with van der Waals surface area (Å²) in [6, 6.07) is 17.8. The third kappa shape index (κ3) is 4.82. The van der Waals surface area contributed by atoms with Crippen LogP contribution in [0.3, 0.4) is 0 Å². The predicted octanol–water partition coefficient (Wildman–Crippen LogP) is 6.01. The average molecular weight is 570 g/mol. The van der Waals surface area contributed by atoms with Gasteiger partial charge in [-0.15, -0.1) is 0 Å². The Morgan fingerprint density at radius 3 is 2.51 bits per heavy atom. The van der Waals surface area contributed by atoms with E-state index in [2.05, 4.69) is 11.4 Å². The Kier molecular flexibility index (Phi) is 6.42. The lowest BCUT2D eigenvalue weighted by Crippen LogP contribution is -2.51. The van der Waals surface area contributed by atoms with Gasteiger partial charge in [0.2, 0.25) is 0 Å². The summed E-state index contributed by atoms with van der Waals surface area (Å²) in [5, 5.41) is 3.71. The number of benzene rings is 3. The first-order valence-electron chi connectivity index (χ1n) is 13.7. The number of nitrogen functional groups attached to an aromatic ring is 1. The molecule has 10 aliphatic rings. The van der Waals surface area contributed by atoms with Crippen molar-refractivity contribution < 1.29 is 18.2 Å². The number of hydrogen-bond acceptors (Lipinski definition) is 6. The fraction of sp³-hybridized carbons (Fsp3) is 0.258. The highest BCUT2D eigenvalue weighted by molar-refractivity contribution is 7.95. The lowest BCUT2D eigenvalue weighted by molar-refractivity contribution is 0.0671. The van der Waals surface area contributed by atoms with Gasteiger partial charge in [-0.3, -0.25) is 9.78 Å². The van der Waals surface area contributed by atoms with Crippen LogP contribution in [0.15, 0.2) is 71.8 Å². The number of para-hydroxylation sites is 1. The summed E-state index contributed by atoms with van der Waals surface area (Å²) in [7, 11) is 0. The summed E-state index contributed by atoms with van der Waals surface area (Å²) in [5.41, 5.74) is 10.1. The maximum Gasteiger partial charge on any atom is 0.322 e. The highest BCUT2D eigenvalue weighted by Gasteiger charge is 2.33. The Balaban J connectivity index is 1.22. The molecule has 12 bridgehead atoms. The van der Waals surface area contributed by atoms with E-state index >= 15 is 4.39 Å². The Labute approximate surface area is 240 Å². The van der Waals surface area contributed by atoms with Gasteiger partial charge < -0.3 is 25.0 Å². The van der Waals surface area contributed by atoms with Crippen LogP contribution in [-0.2, 0) is 0 Å². The van der Waals surface area contributed by atoms with Gasteiger partial charge in [0.05, 0.1) is 33.8 Å². The molecule has 2 fully saturated rings. The Bertz CT molecular complexity index is 1680. The number of nitrogens with two attached hydrogens (primary N) is 1. The summed E-state index contributed by atoms with van der Waals surface area (Å²) in [6.07, 6.45) is 3.74. The minimum Gasteiger partial charge on any atom is -0.418 e. The van der Waals surface area contributed by atoms with Gasteiger partial charge in [-0.2, -0.15) is 0 Å². The smallest absolute Gasteiger partial charge is 0.322 e. The van der Waals surface area contributed by atoms with Crippen LogP contribution in [0.2, 0.25) is 0 Å². The standard InChI is InChI=1S/C31H28FN5O3S/c32-24-15-18-5-7-26(24)35-31(39)37-10-8-36(9-11-37)30(38)20-4-6-25(33)27(16-20)40-41-28-3-1-2-19-12-23(17-34-29(19)28)22-13-21(18)14-22/h1-7,12,15-17,21-22H,8-11,13-14,33H2,(H,35,39). The molecule has 9 aliphatic heterocycles. The van der Waals surface area contributed by atoms with Gasteiger partial charge in [-0.25, -0.2) is 9.18 Å². The number of anilines is 2. The van der Waals surface area contributed by atoms with Crippen molar-refractivity contribution >= 4 is 46.3 Å². The molecule has 0 radical (unpaired) electrons. The first-order valence-corrected chi connectivity index (χ1v) is 14.4. The van der Waals surface area contributed by atoms with Crippen LogP contribution in [-0.4, -0.2) is 52.9 Å². The van der Waals surface area contributed by atoms with Crippen molar-refractivity contribution in [2.24, 2.45) is 0 Å². The first kappa shape index (κ1) is 25.6. The molecule has 3 N–H and O–H groups in total. The molecule has 1 aromatic heterocycles. The van der Waals surface area contributed by atoms with Crippen LogP contribution < -0.4 is 15.2 Å². The fourth-order valence-corrected chi connectivity index (χ4v) is 6.52. The van der Waals surface area contributed by atoms with Gasteiger partial charge >= 0.3 is 6.03 Å². The number of piperazine rings is 1. The molecular formula is C31H28FN5O3S. The van der Waals surface area contributed by atoms with Crippen molar-refractivity contribution in [3.8, 4) is 5.75 Å². The molecule has 0 atom stereocenters. The van der Waals surface area contributed by atoms with Crippen LogP contribution in [0, 0.1) is 5.82 Å². The van der Waals surface area contributed by atoms with Crippen molar-refractivity contribution in [3.05, 3.63) is 89.4 Å². The molecule has 14 rings (SSSR count). The van der Waals surface area contributed by atoms with Crippen molar-refractivity contribution in [1.82, 2.24) is 14.8 Å². The van der Waals surface area contributed by atoms with Gasteiger partial charge in [0, 0.05) is 43.3 Å².